The van der Waals surface area contributed by atoms with E-state index in [1.807, 2.05) is 13.0 Å². The number of methoxy groups -OCH3 is 1. The predicted molar refractivity (Wildman–Crippen MR) is 121 cm³/mol. The third-order valence-electron chi connectivity index (χ3n) is 6.20. The molecule has 7 nitrogen and oxygen atoms in total. The summed E-state index contributed by atoms with van der Waals surface area (Å²) in [6, 6.07) is 2.86. The van der Waals surface area contributed by atoms with Crippen LogP contribution in [0.1, 0.15) is 44.5 Å². The summed E-state index contributed by atoms with van der Waals surface area (Å²) in [4.78, 5) is 26.3. The number of likely N-dealkylation sites (tertiary alicyclic amines) is 1. The minimum atomic E-state index is -1.98. The molecule has 1 fully saturated rings. The molecule has 1 aromatic carbocycles. The summed E-state index contributed by atoms with van der Waals surface area (Å²) in [6.07, 6.45) is 2.74. The molecule has 9 heteroatoms. The van der Waals surface area contributed by atoms with Crippen molar-refractivity contribution in [3.05, 3.63) is 39.5 Å². The van der Waals surface area contributed by atoms with E-state index < -0.39 is 13.2 Å². The fourth-order valence-corrected chi connectivity index (χ4v) is 5.62. The summed E-state index contributed by atoms with van der Waals surface area (Å²) in [5.41, 5.74) is 1.06. The van der Waals surface area contributed by atoms with Gasteiger partial charge >= 0.3 is 196 Å². The third kappa shape index (κ3) is 5.31. The Morgan fingerprint density at radius 2 is 2.03 bits per heavy atom. The zero-order chi connectivity index (χ0) is 22.9. The van der Waals surface area contributed by atoms with Gasteiger partial charge in [0.1, 0.15) is 0 Å². The van der Waals surface area contributed by atoms with Crippen LogP contribution >= 0.6 is 0 Å². The molecule has 1 atom stereocenters. The summed E-state index contributed by atoms with van der Waals surface area (Å²) in [5, 5.41) is 11.7. The number of amides is 1. The summed E-state index contributed by atoms with van der Waals surface area (Å²) in [7, 11) is -0.461. The van der Waals surface area contributed by atoms with Crippen LogP contribution < -0.4 is 7.86 Å². The molecule has 1 aliphatic heterocycles. The quantitative estimate of drug-likeness (QED) is 0.210. The number of benzene rings is 1. The molecule has 30 heavy (non-hydrogen) atoms. The van der Waals surface area contributed by atoms with Gasteiger partial charge in [0.25, 0.3) is 0 Å². The first kappa shape index (κ1) is 25.0. The van der Waals surface area contributed by atoms with E-state index in [1.54, 1.807) is 4.90 Å². The van der Waals surface area contributed by atoms with Crippen LogP contribution in [0.3, 0.4) is 0 Å². The molecule has 1 aliphatic rings. The van der Waals surface area contributed by atoms with E-state index in [9.17, 15) is 14.9 Å². The third-order valence-corrected chi connectivity index (χ3v) is 12.5. The number of hydrogen-bond donors (Lipinski definition) is 0. The first-order valence-electron chi connectivity index (χ1n) is 10.0. The van der Waals surface area contributed by atoms with Gasteiger partial charge in [-0.3, -0.25) is 0 Å². The SMILES string of the molecule is C/C=C1\C[C@@H](CO[Si](C)(C)C(C)(C)C)N(C(=O)c2cc(OC)[c]([Tl])cc2[N+](=O)[O-])C1. The van der Waals surface area contributed by atoms with Gasteiger partial charge in [0.2, 0.25) is 0 Å². The average Bonchev–Trinajstić information content (AvgIpc) is 3.08. The van der Waals surface area contributed by atoms with Crippen LogP contribution in [0.25, 0.3) is 0 Å². The molecule has 0 aliphatic carbocycles. The van der Waals surface area contributed by atoms with Crippen LogP contribution in [0.2, 0.25) is 18.1 Å². The standard InChI is InChI=1S/C21H31N2O5Si.Tl/c1-8-15-11-16(14-28-29(6,7)21(2,3)4)22(13-15)20(24)18-12-17(27-5)9-10-19(18)23(25)26;/h8,10,12,16H,11,13-14H2,1-7H3;/b15-8+;/t16-;/m0./s1. The Balaban J connectivity index is 2.38. The van der Waals surface area contributed by atoms with Crippen LogP contribution in [-0.2, 0) is 4.43 Å². The van der Waals surface area contributed by atoms with Crippen molar-refractivity contribution in [2.75, 3.05) is 20.3 Å². The molecule has 0 unspecified atom stereocenters. The number of carbonyl (C=O) groups is 1. The molecule has 1 amide bonds. The first-order chi connectivity index (χ1) is 13.8. The average molecular weight is 624 g/mol. The summed E-state index contributed by atoms with van der Waals surface area (Å²) < 4.78 is 12.5. The zero-order valence-corrected chi connectivity index (χ0v) is 24.4. The maximum atomic E-state index is 13.5. The van der Waals surface area contributed by atoms with E-state index in [-0.39, 0.29) is 28.2 Å². The van der Waals surface area contributed by atoms with Crippen LogP contribution in [0.15, 0.2) is 23.8 Å². The minimum absolute atomic E-state index is 0.0671. The molecule has 0 saturated carbocycles. The molecule has 1 heterocycles. The van der Waals surface area contributed by atoms with Crippen molar-refractivity contribution < 1.29 is 18.9 Å². The second-order valence-electron chi connectivity index (χ2n) is 9.18. The van der Waals surface area contributed by atoms with Crippen molar-refractivity contribution in [3.63, 3.8) is 0 Å². The van der Waals surface area contributed by atoms with Crippen molar-refractivity contribution in [1.29, 1.82) is 0 Å². The maximum absolute atomic E-state index is 13.5. The monoisotopic (exact) mass is 624 g/mol. The second-order valence-corrected chi connectivity index (χ2v) is 16.4. The molecule has 0 aromatic heterocycles. The van der Waals surface area contributed by atoms with Crippen LogP contribution in [0.5, 0.6) is 5.75 Å². The van der Waals surface area contributed by atoms with Gasteiger partial charge in [-0.15, -0.1) is 0 Å². The van der Waals surface area contributed by atoms with E-state index in [4.69, 9.17) is 9.16 Å². The number of nitrogens with zero attached hydrogens (tertiary/aromatic N) is 2. The zero-order valence-electron chi connectivity index (χ0n) is 18.9. The molecule has 1 saturated heterocycles. The topological polar surface area (TPSA) is 81.9 Å². The Labute approximate surface area is 195 Å². The first-order valence-corrected chi connectivity index (χ1v) is 15.2. The number of nitro groups is 1. The molecule has 2 rings (SSSR count). The van der Waals surface area contributed by atoms with E-state index in [1.165, 1.54) is 19.2 Å². The molecule has 0 spiro atoms. The molecule has 162 valence electrons. The van der Waals surface area contributed by atoms with Crippen LogP contribution in [0, 0.1) is 10.1 Å². The number of hydrogen-bond acceptors (Lipinski definition) is 5. The van der Waals surface area contributed by atoms with Gasteiger partial charge in [-0.25, -0.2) is 0 Å². The number of nitro benzene ring substituents is 1. The number of ether oxygens (including phenoxy) is 1. The van der Waals surface area contributed by atoms with Gasteiger partial charge in [-0.2, -0.15) is 0 Å². The van der Waals surface area contributed by atoms with Crippen molar-refractivity contribution >= 4 is 48.8 Å². The van der Waals surface area contributed by atoms with Crippen molar-refractivity contribution in [3.8, 4) is 5.75 Å². The Morgan fingerprint density at radius 3 is 2.53 bits per heavy atom. The van der Waals surface area contributed by atoms with Gasteiger partial charge in [0.15, 0.2) is 0 Å². The summed E-state index contributed by atoms with van der Waals surface area (Å²) in [6.45, 7) is 13.8. The summed E-state index contributed by atoms with van der Waals surface area (Å²) in [5.74, 6) is 0.194. The van der Waals surface area contributed by atoms with E-state index >= 15 is 0 Å². The van der Waals surface area contributed by atoms with Crippen molar-refractivity contribution in [2.24, 2.45) is 0 Å². The molecular weight excluding hydrogens is 593 g/mol. The van der Waals surface area contributed by atoms with E-state index in [2.05, 4.69) is 33.9 Å². The molecule has 1 aromatic rings. The second kappa shape index (κ2) is 9.47. The molecular formula is C21H31N2O5SiTl. The van der Waals surface area contributed by atoms with Crippen LogP contribution in [0.4, 0.5) is 5.69 Å². The predicted octanol–water partition coefficient (Wildman–Crippen LogP) is 3.58. The normalized spacial score (nSPS) is 18.7. The number of allylic oxidation sites excluding steroid dienone is 1. The Kier molecular flexibility index (Phi) is 7.89. The fraction of sp³-hybridized carbons (Fsp3) is 0.571. The number of rotatable bonds is 6. The van der Waals surface area contributed by atoms with Gasteiger partial charge in [-0.05, 0) is 0 Å². The van der Waals surface area contributed by atoms with E-state index in [0.717, 1.165) is 15.1 Å². The van der Waals surface area contributed by atoms with Crippen molar-refractivity contribution in [2.45, 2.75) is 58.3 Å². The van der Waals surface area contributed by atoms with Crippen LogP contribution in [-0.4, -0.2) is 76.1 Å². The van der Waals surface area contributed by atoms with Gasteiger partial charge < -0.3 is 0 Å². The van der Waals surface area contributed by atoms with Gasteiger partial charge in [-0.1, -0.05) is 0 Å². The Bertz CT molecular complexity index is 864. The molecule has 0 radical (unpaired) electrons. The van der Waals surface area contributed by atoms with Gasteiger partial charge in [0, 0.05) is 0 Å². The molecule has 0 bridgehead atoms. The Morgan fingerprint density at radius 1 is 1.40 bits per heavy atom. The molecule has 0 N–H and O–H groups in total. The van der Waals surface area contributed by atoms with E-state index in [0.29, 0.717) is 44.7 Å². The number of carbonyl (C=O) groups excluding carboxylic acids is 1. The fourth-order valence-electron chi connectivity index (χ4n) is 3.18. The Hall–Kier alpha value is -1.27. The van der Waals surface area contributed by atoms with Crippen molar-refractivity contribution in [1.82, 2.24) is 4.90 Å². The summed E-state index contributed by atoms with van der Waals surface area (Å²) >= 11 is 0.361. The van der Waals surface area contributed by atoms with Gasteiger partial charge in [0.05, 0.1) is 0 Å².